The SMILES string of the molecule is CC(=O)Nc1ncc(CN2CC[C@@H](Cc3ncc(F)cn3)C2)s1. The molecule has 3 rings (SSSR count). The van der Waals surface area contributed by atoms with E-state index in [-0.39, 0.29) is 5.91 Å². The van der Waals surface area contributed by atoms with E-state index in [1.54, 1.807) is 0 Å². The van der Waals surface area contributed by atoms with Crippen LogP contribution in [0.15, 0.2) is 18.6 Å². The van der Waals surface area contributed by atoms with Gasteiger partial charge in [-0.05, 0) is 18.9 Å². The van der Waals surface area contributed by atoms with E-state index in [0.717, 1.165) is 37.4 Å². The Hall–Kier alpha value is -1.93. The van der Waals surface area contributed by atoms with E-state index >= 15 is 0 Å². The minimum absolute atomic E-state index is 0.105. The molecule has 1 N–H and O–H groups in total. The number of aromatic nitrogens is 3. The monoisotopic (exact) mass is 335 g/mol. The number of halogens is 1. The van der Waals surface area contributed by atoms with Crippen LogP contribution in [0.2, 0.25) is 0 Å². The van der Waals surface area contributed by atoms with Crippen molar-refractivity contribution in [2.75, 3.05) is 18.4 Å². The molecular formula is C15H18FN5OS. The zero-order chi connectivity index (χ0) is 16.2. The predicted molar refractivity (Wildman–Crippen MR) is 85.5 cm³/mol. The average molecular weight is 335 g/mol. The summed E-state index contributed by atoms with van der Waals surface area (Å²) >= 11 is 1.50. The molecule has 1 amide bonds. The third-order valence-corrected chi connectivity index (χ3v) is 4.63. The van der Waals surface area contributed by atoms with Gasteiger partial charge in [-0.15, -0.1) is 11.3 Å². The first kappa shape index (κ1) is 15.9. The summed E-state index contributed by atoms with van der Waals surface area (Å²) in [5.41, 5.74) is 0. The number of anilines is 1. The highest BCUT2D eigenvalue weighted by Gasteiger charge is 2.24. The van der Waals surface area contributed by atoms with Crippen molar-refractivity contribution in [2.24, 2.45) is 5.92 Å². The van der Waals surface area contributed by atoms with Crippen LogP contribution in [0.25, 0.3) is 0 Å². The van der Waals surface area contributed by atoms with Gasteiger partial charge in [-0.3, -0.25) is 9.69 Å². The van der Waals surface area contributed by atoms with Gasteiger partial charge in [-0.25, -0.2) is 19.3 Å². The minimum atomic E-state index is -0.401. The molecule has 2 aromatic rings. The molecule has 1 aliphatic rings. The third kappa shape index (κ3) is 4.52. The number of amides is 1. The lowest BCUT2D eigenvalue weighted by Gasteiger charge is -2.14. The van der Waals surface area contributed by atoms with Crippen LogP contribution in [-0.4, -0.2) is 38.8 Å². The van der Waals surface area contributed by atoms with E-state index in [4.69, 9.17) is 0 Å². The van der Waals surface area contributed by atoms with E-state index in [0.29, 0.717) is 16.9 Å². The molecule has 1 atom stereocenters. The fourth-order valence-electron chi connectivity index (χ4n) is 2.74. The molecule has 122 valence electrons. The standard InChI is InChI=1S/C15H18FN5OS/c1-10(22)20-15-19-7-13(23-15)9-21-3-2-11(8-21)4-14-17-5-12(16)6-18-14/h5-7,11H,2-4,8-9H2,1H3,(H,19,20,22)/t11-/m0/s1. The van der Waals surface area contributed by atoms with Crippen molar-refractivity contribution in [2.45, 2.75) is 26.3 Å². The number of nitrogens with one attached hydrogen (secondary N) is 1. The Labute approximate surface area is 137 Å². The fourth-order valence-corrected chi connectivity index (χ4v) is 3.64. The number of nitrogens with zero attached hydrogens (tertiary/aromatic N) is 4. The average Bonchev–Trinajstić information content (AvgIpc) is 3.11. The Morgan fingerprint density at radius 1 is 1.39 bits per heavy atom. The summed E-state index contributed by atoms with van der Waals surface area (Å²) in [5, 5.41) is 3.34. The minimum Gasteiger partial charge on any atom is -0.302 e. The summed E-state index contributed by atoms with van der Waals surface area (Å²) in [5.74, 6) is 0.681. The second-order valence-electron chi connectivity index (χ2n) is 5.72. The molecule has 1 fully saturated rings. The van der Waals surface area contributed by atoms with Crippen LogP contribution in [0.4, 0.5) is 9.52 Å². The summed E-state index contributed by atoms with van der Waals surface area (Å²) in [6.07, 6.45) is 6.10. The molecule has 23 heavy (non-hydrogen) atoms. The largest absolute Gasteiger partial charge is 0.302 e. The van der Waals surface area contributed by atoms with Gasteiger partial charge in [0, 0.05) is 37.5 Å². The maximum Gasteiger partial charge on any atom is 0.223 e. The number of carbonyl (C=O) groups is 1. The molecule has 0 saturated carbocycles. The lowest BCUT2D eigenvalue weighted by molar-refractivity contribution is -0.114. The molecular weight excluding hydrogens is 317 g/mol. The first-order valence-corrected chi connectivity index (χ1v) is 8.31. The van der Waals surface area contributed by atoms with Crippen LogP contribution < -0.4 is 5.32 Å². The van der Waals surface area contributed by atoms with Gasteiger partial charge in [0.1, 0.15) is 5.82 Å². The lowest BCUT2D eigenvalue weighted by atomic mass is 10.0. The van der Waals surface area contributed by atoms with Crippen LogP contribution in [0.3, 0.4) is 0 Å². The number of hydrogen-bond acceptors (Lipinski definition) is 6. The maximum absolute atomic E-state index is 12.8. The molecule has 0 aliphatic carbocycles. The molecule has 2 aromatic heterocycles. The van der Waals surface area contributed by atoms with Crippen LogP contribution in [0.1, 0.15) is 24.0 Å². The summed E-state index contributed by atoms with van der Waals surface area (Å²) in [6, 6.07) is 0. The van der Waals surface area contributed by atoms with Crippen molar-refractivity contribution in [1.82, 2.24) is 19.9 Å². The van der Waals surface area contributed by atoms with Crippen molar-refractivity contribution in [3.8, 4) is 0 Å². The molecule has 0 radical (unpaired) electrons. The van der Waals surface area contributed by atoms with Crippen LogP contribution in [0, 0.1) is 11.7 Å². The number of carbonyl (C=O) groups excluding carboxylic acids is 1. The Kier molecular flexibility index (Phi) is 4.92. The van der Waals surface area contributed by atoms with Crippen LogP contribution in [-0.2, 0) is 17.8 Å². The summed E-state index contributed by atoms with van der Waals surface area (Å²) in [4.78, 5) is 26.8. The molecule has 8 heteroatoms. The van der Waals surface area contributed by atoms with Crippen LogP contribution >= 0.6 is 11.3 Å². The lowest BCUT2D eigenvalue weighted by Crippen LogP contribution is -2.20. The molecule has 0 spiro atoms. The van der Waals surface area contributed by atoms with Gasteiger partial charge >= 0.3 is 0 Å². The van der Waals surface area contributed by atoms with E-state index in [1.165, 1.54) is 30.7 Å². The fraction of sp³-hybridized carbons (Fsp3) is 0.467. The van der Waals surface area contributed by atoms with Gasteiger partial charge in [-0.1, -0.05) is 0 Å². The number of thiazole rings is 1. The maximum atomic E-state index is 12.8. The number of hydrogen-bond donors (Lipinski definition) is 1. The topological polar surface area (TPSA) is 71.0 Å². The zero-order valence-electron chi connectivity index (χ0n) is 12.8. The van der Waals surface area contributed by atoms with Gasteiger partial charge < -0.3 is 5.32 Å². The van der Waals surface area contributed by atoms with E-state index in [2.05, 4.69) is 25.2 Å². The van der Waals surface area contributed by atoms with Gasteiger partial charge in [0.25, 0.3) is 0 Å². The molecule has 0 aromatic carbocycles. The number of rotatable bonds is 5. The van der Waals surface area contributed by atoms with Gasteiger partial charge in [-0.2, -0.15) is 0 Å². The van der Waals surface area contributed by atoms with Crippen LogP contribution in [0.5, 0.6) is 0 Å². The van der Waals surface area contributed by atoms with E-state index in [9.17, 15) is 9.18 Å². The molecule has 3 heterocycles. The van der Waals surface area contributed by atoms with Crippen molar-refractivity contribution in [3.63, 3.8) is 0 Å². The summed E-state index contributed by atoms with van der Waals surface area (Å²) in [7, 11) is 0. The number of likely N-dealkylation sites (tertiary alicyclic amines) is 1. The summed E-state index contributed by atoms with van der Waals surface area (Å²) in [6.45, 7) is 4.29. The Morgan fingerprint density at radius 3 is 2.91 bits per heavy atom. The van der Waals surface area contributed by atoms with Gasteiger partial charge in [0.2, 0.25) is 5.91 Å². The van der Waals surface area contributed by atoms with Crippen molar-refractivity contribution in [3.05, 3.63) is 35.1 Å². The predicted octanol–water partition coefficient (Wildman–Crippen LogP) is 2.10. The molecule has 1 saturated heterocycles. The normalized spacial score (nSPS) is 18.3. The van der Waals surface area contributed by atoms with E-state index < -0.39 is 5.82 Å². The third-order valence-electron chi connectivity index (χ3n) is 3.73. The highest BCUT2D eigenvalue weighted by Crippen LogP contribution is 2.24. The first-order valence-electron chi connectivity index (χ1n) is 7.49. The smallest absolute Gasteiger partial charge is 0.223 e. The zero-order valence-corrected chi connectivity index (χ0v) is 13.6. The highest BCUT2D eigenvalue weighted by molar-refractivity contribution is 7.15. The quantitative estimate of drug-likeness (QED) is 0.906. The van der Waals surface area contributed by atoms with Gasteiger partial charge in [0.15, 0.2) is 10.9 Å². The second-order valence-corrected chi connectivity index (χ2v) is 6.84. The first-order chi connectivity index (χ1) is 11.1. The van der Waals surface area contributed by atoms with Crippen molar-refractivity contribution < 1.29 is 9.18 Å². The Morgan fingerprint density at radius 2 is 2.17 bits per heavy atom. The second kappa shape index (κ2) is 7.10. The summed E-state index contributed by atoms with van der Waals surface area (Å²) < 4.78 is 12.8. The van der Waals surface area contributed by atoms with Crippen molar-refractivity contribution >= 4 is 22.4 Å². The molecule has 0 unspecified atom stereocenters. The Balaban J connectivity index is 1.50. The molecule has 1 aliphatic heterocycles. The highest BCUT2D eigenvalue weighted by atomic mass is 32.1. The van der Waals surface area contributed by atoms with E-state index in [1.807, 2.05) is 6.20 Å². The molecule has 6 nitrogen and oxygen atoms in total. The van der Waals surface area contributed by atoms with Gasteiger partial charge in [0.05, 0.1) is 12.4 Å². The van der Waals surface area contributed by atoms with Crippen molar-refractivity contribution in [1.29, 1.82) is 0 Å². The Bertz CT molecular complexity index is 675. The molecule has 0 bridgehead atoms.